The number of halogens is 1. The number of carbonyl (C=O) groups excluding carboxylic acids is 1. The summed E-state index contributed by atoms with van der Waals surface area (Å²) in [5, 5.41) is 7.58. The number of anilines is 3. The first-order valence-electron chi connectivity index (χ1n) is 13.2. The minimum absolute atomic E-state index is 0. The van der Waals surface area contributed by atoms with E-state index in [2.05, 4.69) is 10.6 Å². The molecule has 1 aliphatic rings. The molecule has 1 heterocycles. The van der Waals surface area contributed by atoms with E-state index in [9.17, 15) is 4.79 Å². The summed E-state index contributed by atoms with van der Waals surface area (Å²) in [7, 11) is 3.25. The van der Waals surface area contributed by atoms with Crippen molar-refractivity contribution >= 4 is 52.4 Å². The Hall–Kier alpha value is -4.23. The number of benzene rings is 3. The molecule has 0 saturated carbocycles. The molecule has 0 atom stereocenters. The predicted molar refractivity (Wildman–Crippen MR) is 164 cm³/mol. The lowest BCUT2D eigenvalue weighted by Crippen LogP contribution is -2.11. The second kappa shape index (κ2) is 13.2. The van der Waals surface area contributed by atoms with Crippen molar-refractivity contribution in [3.05, 3.63) is 83.6 Å². The smallest absolute Gasteiger partial charge is 0.248 e. The summed E-state index contributed by atoms with van der Waals surface area (Å²) in [4.78, 5) is 17.8. The van der Waals surface area contributed by atoms with Crippen LogP contribution in [0.4, 0.5) is 17.1 Å². The molecular weight excluding hydrogens is 526 g/mol. The second-order valence-corrected chi connectivity index (χ2v) is 9.34. The first kappa shape index (κ1) is 28.8. The van der Waals surface area contributed by atoms with Gasteiger partial charge in [-0.25, -0.2) is 0 Å². The number of methoxy groups -OCH3 is 2. The highest BCUT2D eigenvalue weighted by molar-refractivity contribution is 6.04. The van der Waals surface area contributed by atoms with Crippen molar-refractivity contribution in [2.75, 3.05) is 31.5 Å². The molecule has 0 aliphatic heterocycles. The average Bonchev–Trinajstić information content (AvgIpc) is 2.97. The van der Waals surface area contributed by atoms with Crippen LogP contribution >= 0.6 is 12.4 Å². The van der Waals surface area contributed by atoms with E-state index in [0.29, 0.717) is 23.8 Å². The van der Waals surface area contributed by atoms with E-state index in [1.165, 1.54) is 11.6 Å². The average molecular weight is 560 g/mol. The number of amides is 1. The van der Waals surface area contributed by atoms with Gasteiger partial charge in [-0.3, -0.25) is 9.78 Å². The highest BCUT2D eigenvalue weighted by Crippen LogP contribution is 2.38. The Balaban J connectivity index is 0.00000370. The first-order valence-corrected chi connectivity index (χ1v) is 13.2. The normalized spacial score (nSPS) is 12.4. The summed E-state index contributed by atoms with van der Waals surface area (Å²) in [6.45, 7) is 2.50. The Morgan fingerprint density at radius 2 is 1.70 bits per heavy atom. The number of aryl methyl sites for hydroxylation is 1. The van der Waals surface area contributed by atoms with Crippen molar-refractivity contribution in [1.29, 1.82) is 0 Å². The Labute approximate surface area is 241 Å². The quantitative estimate of drug-likeness (QED) is 0.209. The molecule has 40 heavy (non-hydrogen) atoms. The van der Waals surface area contributed by atoms with Crippen molar-refractivity contribution in [3.8, 4) is 17.2 Å². The number of para-hydroxylation sites is 1. The molecule has 0 spiro atoms. The van der Waals surface area contributed by atoms with Crippen LogP contribution < -0.4 is 24.8 Å². The summed E-state index contributed by atoms with van der Waals surface area (Å²) < 4.78 is 16.6. The number of hydrogen-bond donors (Lipinski definition) is 2. The molecule has 4 aromatic rings. The molecule has 3 aromatic carbocycles. The van der Waals surface area contributed by atoms with Gasteiger partial charge in [0, 0.05) is 40.2 Å². The van der Waals surface area contributed by atoms with Crippen molar-refractivity contribution in [2.45, 2.75) is 32.6 Å². The van der Waals surface area contributed by atoms with Gasteiger partial charge in [0.05, 0.1) is 32.0 Å². The third-order valence-electron chi connectivity index (χ3n) is 6.82. The van der Waals surface area contributed by atoms with Gasteiger partial charge in [0.25, 0.3) is 0 Å². The molecule has 1 aliphatic carbocycles. The van der Waals surface area contributed by atoms with Gasteiger partial charge in [-0.1, -0.05) is 18.2 Å². The highest BCUT2D eigenvalue weighted by Gasteiger charge is 2.19. The van der Waals surface area contributed by atoms with Crippen molar-refractivity contribution in [1.82, 2.24) is 4.98 Å². The third kappa shape index (κ3) is 6.32. The molecule has 208 valence electrons. The van der Waals surface area contributed by atoms with Gasteiger partial charge in [0.15, 0.2) is 11.5 Å². The van der Waals surface area contributed by atoms with E-state index in [0.717, 1.165) is 65.0 Å². The highest BCUT2D eigenvalue weighted by atomic mass is 35.5. The van der Waals surface area contributed by atoms with Crippen molar-refractivity contribution < 1.29 is 19.0 Å². The maximum absolute atomic E-state index is 12.8. The maximum Gasteiger partial charge on any atom is 0.248 e. The van der Waals surface area contributed by atoms with Crippen LogP contribution in [-0.2, 0) is 17.6 Å². The van der Waals surface area contributed by atoms with Crippen molar-refractivity contribution in [3.63, 3.8) is 0 Å². The fraction of sp³-hybridized carbons (Fsp3) is 0.250. The Kier molecular flexibility index (Phi) is 9.51. The van der Waals surface area contributed by atoms with E-state index >= 15 is 0 Å². The number of rotatable bonds is 9. The van der Waals surface area contributed by atoms with Gasteiger partial charge in [-0.05, 0) is 80.6 Å². The zero-order valence-electron chi connectivity index (χ0n) is 23.0. The number of nitrogens with zero attached hydrogens (tertiary/aromatic N) is 1. The lowest BCUT2D eigenvalue weighted by atomic mass is 9.92. The van der Waals surface area contributed by atoms with E-state index in [4.69, 9.17) is 19.2 Å². The Morgan fingerprint density at radius 3 is 2.50 bits per heavy atom. The largest absolute Gasteiger partial charge is 0.493 e. The van der Waals surface area contributed by atoms with Gasteiger partial charge in [0.2, 0.25) is 5.91 Å². The van der Waals surface area contributed by atoms with Crippen LogP contribution in [-0.4, -0.2) is 31.7 Å². The molecule has 2 N–H and O–H groups in total. The number of aromatic nitrogens is 1. The number of hydrogen-bond acceptors (Lipinski definition) is 6. The molecule has 0 radical (unpaired) electrons. The lowest BCUT2D eigenvalue weighted by molar-refractivity contribution is -0.111. The van der Waals surface area contributed by atoms with Gasteiger partial charge in [0.1, 0.15) is 5.75 Å². The van der Waals surface area contributed by atoms with Gasteiger partial charge in [-0.2, -0.15) is 0 Å². The van der Waals surface area contributed by atoms with Crippen LogP contribution in [0.2, 0.25) is 0 Å². The summed E-state index contributed by atoms with van der Waals surface area (Å²) >= 11 is 0. The molecule has 0 unspecified atom stereocenters. The molecular formula is C32H34ClN3O4. The number of nitrogens with one attached hydrogen (secondary N) is 2. The molecule has 0 bridgehead atoms. The topological polar surface area (TPSA) is 81.7 Å². The van der Waals surface area contributed by atoms with E-state index in [-0.39, 0.29) is 18.3 Å². The third-order valence-corrected chi connectivity index (χ3v) is 6.82. The summed E-state index contributed by atoms with van der Waals surface area (Å²) in [5.74, 6) is 1.85. The van der Waals surface area contributed by atoms with Crippen LogP contribution in [0.3, 0.4) is 0 Å². The Morgan fingerprint density at radius 1 is 0.925 bits per heavy atom. The van der Waals surface area contributed by atoms with Crippen LogP contribution in [0.25, 0.3) is 17.0 Å². The summed E-state index contributed by atoms with van der Waals surface area (Å²) in [6, 6.07) is 19.3. The minimum Gasteiger partial charge on any atom is -0.493 e. The molecule has 1 amide bonds. The van der Waals surface area contributed by atoms with Gasteiger partial charge >= 0.3 is 0 Å². The summed E-state index contributed by atoms with van der Waals surface area (Å²) in [6.07, 6.45) is 7.45. The monoisotopic (exact) mass is 559 g/mol. The predicted octanol–water partition coefficient (Wildman–Crippen LogP) is 7.35. The number of ether oxygens (including phenoxy) is 3. The van der Waals surface area contributed by atoms with Crippen molar-refractivity contribution in [2.24, 2.45) is 0 Å². The van der Waals surface area contributed by atoms with E-state index < -0.39 is 0 Å². The number of pyridine rings is 1. The zero-order valence-corrected chi connectivity index (χ0v) is 23.8. The number of carbonyl (C=O) groups is 1. The van der Waals surface area contributed by atoms with Gasteiger partial charge < -0.3 is 24.8 Å². The first-order chi connectivity index (χ1) is 19.1. The molecule has 7 nitrogen and oxygen atoms in total. The van der Waals surface area contributed by atoms with Crippen LogP contribution in [0.15, 0.2) is 66.7 Å². The minimum atomic E-state index is -0.221. The zero-order chi connectivity index (χ0) is 27.2. The molecule has 0 fully saturated rings. The molecule has 5 rings (SSSR count). The van der Waals surface area contributed by atoms with Gasteiger partial charge in [-0.15, -0.1) is 12.4 Å². The fourth-order valence-electron chi connectivity index (χ4n) is 4.96. The van der Waals surface area contributed by atoms with E-state index in [1.807, 2.05) is 67.6 Å². The standard InChI is InChI=1S/C32H33N3O4.ClH/c1-4-39-28-12-8-5-9-21(28)13-18-31(36)33-22-14-16-27-25(19-22)32(24-10-6-7-11-26(24)35-27)34-23-15-17-29(37-2)30(20-23)38-3;/h5,8-9,12-20H,4,6-7,10-11H2,1-3H3,(H,33,36)(H,34,35);1H/b18-13+;. The van der Waals surface area contributed by atoms with E-state index in [1.54, 1.807) is 20.3 Å². The lowest BCUT2D eigenvalue weighted by Gasteiger charge is -2.22. The van der Waals surface area contributed by atoms with Crippen LogP contribution in [0, 0.1) is 0 Å². The Bertz CT molecular complexity index is 1540. The second-order valence-electron chi connectivity index (χ2n) is 9.34. The molecule has 1 aromatic heterocycles. The number of fused-ring (bicyclic) bond motifs is 2. The maximum atomic E-state index is 12.8. The summed E-state index contributed by atoms with van der Waals surface area (Å²) in [5.41, 5.74) is 6.69. The molecule has 8 heteroatoms. The fourth-order valence-corrected chi connectivity index (χ4v) is 4.96. The molecule has 0 saturated heterocycles. The van der Waals surface area contributed by atoms with Crippen LogP contribution in [0.1, 0.15) is 36.6 Å². The van der Waals surface area contributed by atoms with Crippen LogP contribution in [0.5, 0.6) is 17.2 Å². The SMILES string of the molecule is CCOc1ccccc1/C=C/C(=O)Nc1ccc2nc3c(c(Nc4ccc(OC)c(OC)c4)c2c1)CCCC3.Cl.